The lowest BCUT2D eigenvalue weighted by molar-refractivity contribution is 0.0935. The summed E-state index contributed by atoms with van der Waals surface area (Å²) in [5.41, 5.74) is 3.63. The van der Waals surface area contributed by atoms with Gasteiger partial charge in [-0.3, -0.25) is 4.79 Å². The zero-order valence-corrected chi connectivity index (χ0v) is 16.5. The van der Waals surface area contributed by atoms with Crippen molar-refractivity contribution in [2.75, 3.05) is 7.11 Å². The number of nitrogens with zero attached hydrogens (tertiary/aromatic N) is 2. The van der Waals surface area contributed by atoms with Gasteiger partial charge in [0.25, 0.3) is 5.91 Å². The Morgan fingerprint density at radius 1 is 1.03 bits per heavy atom. The Kier molecular flexibility index (Phi) is 5.29. The third kappa shape index (κ3) is 3.99. The Balaban J connectivity index is 1.65. The number of para-hydroxylation sites is 2. The van der Waals surface area contributed by atoms with Crippen LogP contribution in [0.5, 0.6) is 5.75 Å². The molecule has 0 aliphatic carbocycles. The summed E-state index contributed by atoms with van der Waals surface area (Å²) in [6.45, 7) is 0. The average Bonchev–Trinajstić information content (AvgIpc) is 3.09. The summed E-state index contributed by atoms with van der Waals surface area (Å²) in [6.07, 6.45) is 0.588. The highest BCUT2D eigenvalue weighted by molar-refractivity contribution is 5.94. The van der Waals surface area contributed by atoms with Crippen LogP contribution in [0.3, 0.4) is 0 Å². The first-order valence-corrected chi connectivity index (χ1v) is 9.56. The first-order chi connectivity index (χ1) is 14.2. The van der Waals surface area contributed by atoms with Crippen molar-refractivity contribution in [2.45, 2.75) is 12.5 Å². The summed E-state index contributed by atoms with van der Waals surface area (Å²) < 4.78 is 7.33. The van der Waals surface area contributed by atoms with Crippen LogP contribution in [0.4, 0.5) is 0 Å². The Morgan fingerprint density at radius 3 is 2.55 bits per heavy atom. The largest absolute Gasteiger partial charge is 0.497 e. The number of carbonyl (C=O) groups is 1. The van der Waals surface area contributed by atoms with Crippen LogP contribution in [0, 0.1) is 0 Å². The van der Waals surface area contributed by atoms with Crippen LogP contribution in [0.15, 0.2) is 78.9 Å². The molecule has 0 saturated heterocycles. The second kappa shape index (κ2) is 8.19. The van der Waals surface area contributed by atoms with Crippen molar-refractivity contribution in [3.63, 3.8) is 0 Å². The minimum Gasteiger partial charge on any atom is -0.497 e. The minimum atomic E-state index is -0.203. The van der Waals surface area contributed by atoms with Crippen molar-refractivity contribution in [1.29, 1.82) is 0 Å². The normalized spacial score (nSPS) is 11.9. The molecule has 4 rings (SSSR count). The summed E-state index contributed by atoms with van der Waals surface area (Å²) >= 11 is 0. The van der Waals surface area contributed by atoms with Crippen LogP contribution in [0.25, 0.3) is 11.0 Å². The van der Waals surface area contributed by atoms with Crippen LogP contribution < -0.4 is 10.1 Å². The Labute approximate surface area is 170 Å². The predicted molar refractivity (Wildman–Crippen MR) is 114 cm³/mol. The standard InChI is InChI=1S/C24H23N3O2/c1-27-22-14-7-6-13-20(22)25-23(27)16-21(17-9-4-3-5-10-17)26-24(28)18-11-8-12-19(15-18)29-2/h3-15,21H,16H2,1-2H3,(H,26,28)/t21-/m0/s1. The fraction of sp³-hybridized carbons (Fsp3) is 0.167. The highest BCUT2D eigenvalue weighted by atomic mass is 16.5. The molecule has 1 aromatic heterocycles. The van der Waals surface area contributed by atoms with Crippen molar-refractivity contribution in [1.82, 2.24) is 14.9 Å². The molecule has 5 nitrogen and oxygen atoms in total. The van der Waals surface area contributed by atoms with Gasteiger partial charge in [0.05, 0.1) is 24.2 Å². The maximum atomic E-state index is 12.9. The van der Waals surface area contributed by atoms with Crippen LogP contribution in [0.1, 0.15) is 27.8 Å². The van der Waals surface area contributed by atoms with Crippen LogP contribution >= 0.6 is 0 Å². The van der Waals surface area contributed by atoms with E-state index in [0.29, 0.717) is 17.7 Å². The molecule has 0 unspecified atom stereocenters. The van der Waals surface area contributed by atoms with E-state index in [0.717, 1.165) is 22.4 Å². The molecule has 0 saturated carbocycles. The van der Waals surface area contributed by atoms with E-state index >= 15 is 0 Å². The van der Waals surface area contributed by atoms with Crippen LogP contribution in [-0.4, -0.2) is 22.6 Å². The van der Waals surface area contributed by atoms with Gasteiger partial charge in [-0.25, -0.2) is 4.98 Å². The number of carbonyl (C=O) groups excluding carboxylic acids is 1. The van der Waals surface area contributed by atoms with Crippen molar-refractivity contribution in [2.24, 2.45) is 7.05 Å². The molecule has 0 aliphatic heterocycles. The van der Waals surface area contributed by atoms with E-state index in [1.54, 1.807) is 19.2 Å². The maximum absolute atomic E-state index is 12.9. The molecule has 146 valence electrons. The molecule has 0 fully saturated rings. The fourth-order valence-corrected chi connectivity index (χ4v) is 3.50. The van der Waals surface area contributed by atoms with Gasteiger partial charge >= 0.3 is 0 Å². The van der Waals surface area contributed by atoms with E-state index in [-0.39, 0.29) is 11.9 Å². The third-order valence-electron chi connectivity index (χ3n) is 5.11. The van der Waals surface area contributed by atoms with E-state index in [1.807, 2.05) is 67.7 Å². The Bertz CT molecular complexity index is 1140. The molecule has 1 atom stereocenters. The number of ether oxygens (including phenoxy) is 1. The van der Waals surface area contributed by atoms with Crippen LogP contribution in [0.2, 0.25) is 0 Å². The zero-order valence-electron chi connectivity index (χ0n) is 16.5. The number of amides is 1. The van der Waals surface area contributed by atoms with E-state index < -0.39 is 0 Å². The Hall–Kier alpha value is -3.60. The monoisotopic (exact) mass is 385 g/mol. The first-order valence-electron chi connectivity index (χ1n) is 9.56. The van der Waals surface area contributed by atoms with Gasteiger partial charge in [-0.1, -0.05) is 48.5 Å². The van der Waals surface area contributed by atoms with Crippen LogP contribution in [-0.2, 0) is 13.5 Å². The third-order valence-corrected chi connectivity index (χ3v) is 5.11. The number of nitrogens with one attached hydrogen (secondary N) is 1. The Morgan fingerprint density at radius 2 is 1.79 bits per heavy atom. The number of hydrogen-bond acceptors (Lipinski definition) is 3. The van der Waals surface area contributed by atoms with E-state index in [2.05, 4.69) is 16.0 Å². The van der Waals surface area contributed by atoms with Gasteiger partial charge in [0.2, 0.25) is 0 Å². The molecule has 0 spiro atoms. The number of imidazole rings is 1. The number of rotatable bonds is 6. The minimum absolute atomic E-state index is 0.142. The molecular formula is C24H23N3O2. The van der Waals surface area contributed by atoms with Gasteiger partial charge in [0.1, 0.15) is 11.6 Å². The van der Waals surface area contributed by atoms with Crippen molar-refractivity contribution >= 4 is 16.9 Å². The van der Waals surface area contributed by atoms with Gasteiger partial charge in [-0.05, 0) is 35.9 Å². The first kappa shape index (κ1) is 18.7. The lowest BCUT2D eigenvalue weighted by atomic mass is 10.0. The lowest BCUT2D eigenvalue weighted by Gasteiger charge is -2.19. The molecule has 0 bridgehead atoms. The van der Waals surface area contributed by atoms with Gasteiger partial charge in [-0.2, -0.15) is 0 Å². The fourth-order valence-electron chi connectivity index (χ4n) is 3.50. The molecule has 1 heterocycles. The number of aromatic nitrogens is 2. The van der Waals surface area contributed by atoms with Gasteiger partial charge in [-0.15, -0.1) is 0 Å². The summed E-state index contributed by atoms with van der Waals surface area (Å²) in [7, 11) is 3.60. The zero-order chi connectivity index (χ0) is 20.2. The number of aryl methyl sites for hydroxylation is 1. The molecular weight excluding hydrogens is 362 g/mol. The van der Waals surface area contributed by atoms with E-state index in [9.17, 15) is 4.79 Å². The predicted octanol–water partition coefficient (Wildman–Crippen LogP) is 4.30. The molecule has 0 radical (unpaired) electrons. The SMILES string of the molecule is COc1cccc(C(=O)N[C@@H](Cc2nc3ccccc3n2C)c2ccccc2)c1. The number of fused-ring (bicyclic) bond motifs is 1. The highest BCUT2D eigenvalue weighted by Crippen LogP contribution is 2.22. The topological polar surface area (TPSA) is 56.1 Å². The number of hydrogen-bond donors (Lipinski definition) is 1. The quantitative estimate of drug-likeness (QED) is 0.538. The molecule has 5 heteroatoms. The molecule has 0 aliphatic rings. The van der Waals surface area contributed by atoms with Crippen molar-refractivity contribution < 1.29 is 9.53 Å². The molecule has 4 aromatic rings. The second-order valence-electron chi connectivity index (χ2n) is 6.95. The lowest BCUT2D eigenvalue weighted by Crippen LogP contribution is -2.30. The number of benzene rings is 3. The van der Waals surface area contributed by atoms with Gasteiger partial charge < -0.3 is 14.6 Å². The molecule has 1 amide bonds. The summed E-state index contributed by atoms with van der Waals surface area (Å²) in [6, 6.07) is 25.0. The summed E-state index contributed by atoms with van der Waals surface area (Å²) in [5.74, 6) is 1.44. The number of methoxy groups -OCH3 is 1. The van der Waals surface area contributed by atoms with E-state index in [1.165, 1.54) is 0 Å². The van der Waals surface area contributed by atoms with E-state index in [4.69, 9.17) is 9.72 Å². The van der Waals surface area contributed by atoms with Gasteiger partial charge in [0.15, 0.2) is 0 Å². The average molecular weight is 385 g/mol. The smallest absolute Gasteiger partial charge is 0.251 e. The maximum Gasteiger partial charge on any atom is 0.251 e. The molecule has 29 heavy (non-hydrogen) atoms. The summed E-state index contributed by atoms with van der Waals surface area (Å²) in [5, 5.41) is 3.17. The van der Waals surface area contributed by atoms with Crippen molar-refractivity contribution in [3.8, 4) is 5.75 Å². The summed E-state index contributed by atoms with van der Waals surface area (Å²) in [4.78, 5) is 17.7. The molecule has 1 N–H and O–H groups in total. The van der Waals surface area contributed by atoms with Gasteiger partial charge in [0, 0.05) is 19.0 Å². The highest BCUT2D eigenvalue weighted by Gasteiger charge is 2.19. The second-order valence-corrected chi connectivity index (χ2v) is 6.95. The molecule has 3 aromatic carbocycles. The van der Waals surface area contributed by atoms with Crippen molar-refractivity contribution in [3.05, 3.63) is 95.8 Å².